The second-order valence-electron chi connectivity index (χ2n) is 4.69. The molecule has 120 valence electrons. The van der Waals surface area contributed by atoms with Gasteiger partial charge in [-0.2, -0.15) is 0 Å². The molecule has 0 fully saturated rings. The van der Waals surface area contributed by atoms with Gasteiger partial charge in [0.2, 0.25) is 0 Å². The van der Waals surface area contributed by atoms with Gasteiger partial charge in [-0.1, -0.05) is 24.3 Å². The monoisotopic (exact) mass is 418 g/mol. The summed E-state index contributed by atoms with van der Waals surface area (Å²) >= 11 is 0.230. The number of para-hydroxylation sites is 2. The summed E-state index contributed by atoms with van der Waals surface area (Å²) in [7, 11) is 0. The molecule has 4 nitrogen and oxygen atoms in total. The van der Waals surface area contributed by atoms with Crippen LogP contribution in [0.1, 0.15) is 11.1 Å². The Morgan fingerprint density at radius 3 is 1.48 bits per heavy atom. The predicted octanol–water partition coefficient (Wildman–Crippen LogP) is 3.42. The molecule has 0 bridgehead atoms. The van der Waals surface area contributed by atoms with Crippen LogP contribution in [0.15, 0.2) is 58.5 Å². The van der Waals surface area contributed by atoms with E-state index in [1.54, 1.807) is 48.8 Å². The van der Waals surface area contributed by atoms with Crippen molar-refractivity contribution in [1.29, 1.82) is 0 Å². The number of aromatic hydroxyl groups is 2. The predicted molar refractivity (Wildman–Crippen MR) is 98.6 cm³/mol. The van der Waals surface area contributed by atoms with Crippen LogP contribution in [0.25, 0.3) is 0 Å². The van der Waals surface area contributed by atoms with Gasteiger partial charge in [-0.05, 0) is 24.3 Å². The standard InChI is InChI=1S/C16H16N2O2.2CH3.Sn/c19-15-7-3-1-5-13(15)11-17-9-10-18-12-14-6-2-4-8-16(14)20;;;/h1-8,11-12,19-20H,9-10H2;2*1H3;. The van der Waals surface area contributed by atoms with Crippen molar-refractivity contribution in [1.82, 2.24) is 0 Å². The molecule has 0 amide bonds. The van der Waals surface area contributed by atoms with Crippen LogP contribution in [0, 0.1) is 0 Å². The third-order valence-corrected chi connectivity index (χ3v) is 2.69. The molecule has 0 aliphatic carbocycles. The fourth-order valence-corrected chi connectivity index (χ4v) is 1.63. The number of phenols is 2. The van der Waals surface area contributed by atoms with Crippen molar-refractivity contribution in [2.45, 2.75) is 9.88 Å². The molecule has 0 atom stereocenters. The third-order valence-electron chi connectivity index (χ3n) is 2.69. The molecule has 0 saturated carbocycles. The van der Waals surface area contributed by atoms with Crippen molar-refractivity contribution in [2.24, 2.45) is 9.98 Å². The summed E-state index contributed by atoms with van der Waals surface area (Å²) in [4.78, 5) is 13.0. The first-order chi connectivity index (χ1) is 11.2. The molecule has 5 heteroatoms. The van der Waals surface area contributed by atoms with Crippen molar-refractivity contribution in [3.8, 4) is 11.5 Å². The van der Waals surface area contributed by atoms with E-state index in [0.29, 0.717) is 24.2 Å². The van der Waals surface area contributed by atoms with E-state index in [1.807, 2.05) is 12.1 Å². The molecule has 2 N–H and O–H groups in total. The van der Waals surface area contributed by atoms with Gasteiger partial charge in [0, 0.05) is 23.6 Å². The molecule has 0 saturated heterocycles. The second-order valence-corrected chi connectivity index (χ2v) is 7.54. The summed E-state index contributed by atoms with van der Waals surface area (Å²) in [5.41, 5.74) is 1.38. The number of phenolic OH excluding ortho intramolecular Hbond substituents is 2. The van der Waals surface area contributed by atoms with Crippen LogP contribution in [-0.4, -0.2) is 56.9 Å². The van der Waals surface area contributed by atoms with Crippen molar-refractivity contribution in [3.63, 3.8) is 0 Å². The second kappa shape index (κ2) is 11.7. The molecule has 0 unspecified atom stereocenters. The van der Waals surface area contributed by atoms with Gasteiger partial charge in [-0.3, -0.25) is 9.98 Å². The van der Waals surface area contributed by atoms with Gasteiger partial charge < -0.3 is 10.2 Å². The SMILES string of the molecule is Oc1ccccc1C=NCCN=Cc1ccccc1O.[CH3][Sn][CH3]. The Kier molecular flexibility index (Phi) is 9.79. The molecule has 23 heavy (non-hydrogen) atoms. The molecule has 0 aliphatic heterocycles. The Balaban J connectivity index is 0.000000816. The van der Waals surface area contributed by atoms with Crippen LogP contribution in [0.5, 0.6) is 11.5 Å². The fourth-order valence-electron chi connectivity index (χ4n) is 1.63. The minimum absolute atomic E-state index is 0.217. The topological polar surface area (TPSA) is 65.2 Å². The summed E-state index contributed by atoms with van der Waals surface area (Å²) in [5.74, 6) is 0.433. The van der Waals surface area contributed by atoms with Crippen molar-refractivity contribution in [3.05, 3.63) is 59.7 Å². The average Bonchev–Trinajstić information content (AvgIpc) is 2.55. The van der Waals surface area contributed by atoms with Gasteiger partial charge in [0.05, 0.1) is 13.1 Å². The van der Waals surface area contributed by atoms with Crippen LogP contribution in [-0.2, 0) is 0 Å². The maximum atomic E-state index is 9.54. The molecule has 2 radical (unpaired) electrons. The van der Waals surface area contributed by atoms with E-state index in [9.17, 15) is 10.2 Å². The van der Waals surface area contributed by atoms with E-state index in [0.717, 1.165) is 0 Å². The quantitative estimate of drug-likeness (QED) is 0.445. The molecule has 0 aliphatic rings. The Bertz CT molecular complexity index is 587. The van der Waals surface area contributed by atoms with Crippen LogP contribution in [0.4, 0.5) is 0 Å². The summed E-state index contributed by atoms with van der Waals surface area (Å²) in [6.07, 6.45) is 3.26. The first-order valence-corrected chi connectivity index (χ1v) is 13.0. The van der Waals surface area contributed by atoms with Gasteiger partial charge in [-0.15, -0.1) is 0 Å². The van der Waals surface area contributed by atoms with Crippen LogP contribution in [0.3, 0.4) is 0 Å². The molecule has 0 heterocycles. The summed E-state index contributed by atoms with van der Waals surface area (Å²) < 4.78 is 0. The Hall–Kier alpha value is -1.82. The van der Waals surface area contributed by atoms with Crippen LogP contribution < -0.4 is 0 Å². The third kappa shape index (κ3) is 7.83. The van der Waals surface area contributed by atoms with Crippen molar-refractivity contribution in [2.75, 3.05) is 13.1 Å². The summed E-state index contributed by atoms with van der Waals surface area (Å²) in [5, 5.41) is 19.1. The summed E-state index contributed by atoms with van der Waals surface area (Å²) in [6.45, 7) is 1.05. The molecule has 2 rings (SSSR count). The van der Waals surface area contributed by atoms with Gasteiger partial charge in [-0.25, -0.2) is 0 Å². The number of nitrogens with zero attached hydrogens (tertiary/aromatic N) is 2. The van der Waals surface area contributed by atoms with E-state index in [-0.39, 0.29) is 32.6 Å². The Morgan fingerprint density at radius 1 is 0.783 bits per heavy atom. The normalized spacial score (nSPS) is 10.7. The van der Waals surface area contributed by atoms with Gasteiger partial charge in [0.25, 0.3) is 0 Å². The Morgan fingerprint density at radius 2 is 1.13 bits per heavy atom. The zero-order valence-corrected chi connectivity index (χ0v) is 16.3. The average molecular weight is 417 g/mol. The fraction of sp³-hybridized carbons (Fsp3) is 0.222. The number of aliphatic imine (C=N–C) groups is 2. The van der Waals surface area contributed by atoms with Crippen molar-refractivity contribution < 1.29 is 10.2 Å². The van der Waals surface area contributed by atoms with Crippen LogP contribution >= 0.6 is 0 Å². The van der Waals surface area contributed by atoms with E-state index in [2.05, 4.69) is 19.9 Å². The van der Waals surface area contributed by atoms with E-state index in [1.165, 1.54) is 0 Å². The van der Waals surface area contributed by atoms with Crippen molar-refractivity contribution >= 4 is 33.6 Å². The Labute approximate surface area is 147 Å². The minimum atomic E-state index is 0.217. The zero-order valence-electron chi connectivity index (χ0n) is 13.5. The number of rotatable bonds is 5. The molecule has 0 aromatic heterocycles. The molecule has 0 spiro atoms. The zero-order chi connectivity index (χ0) is 16.9. The van der Waals surface area contributed by atoms with Gasteiger partial charge in [0.15, 0.2) is 0 Å². The molecular weight excluding hydrogens is 395 g/mol. The number of hydrogen-bond donors (Lipinski definition) is 2. The number of benzene rings is 2. The molecular formula is C18H22N2O2Sn. The maximum absolute atomic E-state index is 9.54. The first-order valence-electron chi connectivity index (χ1n) is 7.33. The summed E-state index contributed by atoms with van der Waals surface area (Å²) in [6, 6.07) is 14.1. The van der Waals surface area contributed by atoms with Gasteiger partial charge >= 0.3 is 31.0 Å². The van der Waals surface area contributed by atoms with E-state index >= 15 is 0 Å². The van der Waals surface area contributed by atoms with E-state index in [4.69, 9.17) is 0 Å². The van der Waals surface area contributed by atoms with Gasteiger partial charge in [0.1, 0.15) is 11.5 Å². The molecule has 2 aromatic rings. The molecule has 2 aromatic carbocycles. The van der Waals surface area contributed by atoms with E-state index < -0.39 is 0 Å². The first kappa shape index (κ1) is 19.2. The van der Waals surface area contributed by atoms with Crippen LogP contribution in [0.2, 0.25) is 9.88 Å². The number of hydrogen-bond acceptors (Lipinski definition) is 4.